The van der Waals surface area contributed by atoms with E-state index in [4.69, 9.17) is 28.9 Å². The van der Waals surface area contributed by atoms with Crippen molar-refractivity contribution in [2.24, 2.45) is 0 Å². The first-order chi connectivity index (χ1) is 7.66. The largest absolute Gasteiger partial charge is 0.399 e. The Balaban J connectivity index is 2.34. The van der Waals surface area contributed by atoms with Crippen molar-refractivity contribution in [1.29, 1.82) is 0 Å². The monoisotopic (exact) mass is 254 g/mol. The standard InChI is InChI=1S/C10H8Cl2N4/c11-7-2-1-6(13)3-9(7)16-10-8(12)4-14-5-15-10/h1-5H,13H2,(H,14,15,16). The summed E-state index contributed by atoms with van der Waals surface area (Å²) in [7, 11) is 0. The maximum Gasteiger partial charge on any atom is 0.152 e. The Morgan fingerprint density at radius 3 is 2.75 bits per heavy atom. The van der Waals surface area contributed by atoms with Crippen LogP contribution in [0.25, 0.3) is 0 Å². The van der Waals surface area contributed by atoms with Crippen molar-refractivity contribution in [3.05, 3.63) is 40.8 Å². The average Bonchev–Trinajstić information content (AvgIpc) is 2.27. The van der Waals surface area contributed by atoms with Gasteiger partial charge in [0.05, 0.1) is 16.9 Å². The molecule has 3 N–H and O–H groups in total. The highest BCUT2D eigenvalue weighted by atomic mass is 35.5. The van der Waals surface area contributed by atoms with Crippen LogP contribution in [-0.4, -0.2) is 9.97 Å². The van der Waals surface area contributed by atoms with Crippen molar-refractivity contribution >= 4 is 40.4 Å². The van der Waals surface area contributed by atoms with Gasteiger partial charge in [0.25, 0.3) is 0 Å². The zero-order valence-corrected chi connectivity index (χ0v) is 9.63. The van der Waals surface area contributed by atoms with Crippen molar-refractivity contribution in [1.82, 2.24) is 9.97 Å². The smallest absolute Gasteiger partial charge is 0.152 e. The predicted octanol–water partition coefficient (Wildman–Crippen LogP) is 3.11. The zero-order chi connectivity index (χ0) is 11.5. The molecule has 6 heteroatoms. The number of rotatable bonds is 2. The van der Waals surface area contributed by atoms with E-state index in [9.17, 15) is 0 Å². The van der Waals surface area contributed by atoms with E-state index < -0.39 is 0 Å². The Hall–Kier alpha value is -1.52. The third-order valence-electron chi connectivity index (χ3n) is 1.91. The predicted molar refractivity (Wildman–Crippen MR) is 66.2 cm³/mol. The number of hydrogen-bond donors (Lipinski definition) is 2. The van der Waals surface area contributed by atoms with Crippen LogP contribution < -0.4 is 11.1 Å². The van der Waals surface area contributed by atoms with Gasteiger partial charge in [-0.15, -0.1) is 0 Å². The minimum atomic E-state index is 0.418. The molecule has 0 saturated heterocycles. The lowest BCUT2D eigenvalue weighted by Crippen LogP contribution is -1.96. The molecule has 1 aromatic carbocycles. The molecular weight excluding hydrogens is 247 g/mol. The molecular formula is C10H8Cl2N4. The molecule has 0 aliphatic heterocycles. The molecule has 1 aromatic heterocycles. The highest BCUT2D eigenvalue weighted by Gasteiger charge is 2.05. The van der Waals surface area contributed by atoms with Gasteiger partial charge in [-0.1, -0.05) is 23.2 Å². The summed E-state index contributed by atoms with van der Waals surface area (Å²) in [6, 6.07) is 5.13. The molecule has 0 spiro atoms. The number of nitrogens with one attached hydrogen (secondary N) is 1. The number of nitrogens with zero attached hydrogens (tertiary/aromatic N) is 2. The summed E-state index contributed by atoms with van der Waals surface area (Å²) in [6.45, 7) is 0. The Kier molecular flexibility index (Phi) is 3.12. The van der Waals surface area contributed by atoms with Gasteiger partial charge in [0, 0.05) is 5.69 Å². The van der Waals surface area contributed by atoms with Gasteiger partial charge >= 0.3 is 0 Å². The molecule has 0 bridgehead atoms. The molecule has 2 aromatic rings. The fraction of sp³-hybridized carbons (Fsp3) is 0. The Bertz CT molecular complexity index is 516. The van der Waals surface area contributed by atoms with Crippen LogP contribution in [0, 0.1) is 0 Å². The van der Waals surface area contributed by atoms with Crippen LogP contribution in [0.15, 0.2) is 30.7 Å². The third-order valence-corrected chi connectivity index (χ3v) is 2.52. The summed E-state index contributed by atoms with van der Waals surface area (Å²) in [4.78, 5) is 7.78. The fourth-order valence-corrected chi connectivity index (χ4v) is 1.49. The fourth-order valence-electron chi connectivity index (χ4n) is 1.17. The first-order valence-electron chi connectivity index (χ1n) is 4.44. The maximum absolute atomic E-state index is 5.99. The van der Waals surface area contributed by atoms with E-state index in [2.05, 4.69) is 15.3 Å². The molecule has 0 amide bonds. The molecule has 16 heavy (non-hydrogen) atoms. The molecule has 0 unspecified atom stereocenters. The molecule has 0 fully saturated rings. The molecule has 0 aliphatic carbocycles. The molecule has 0 saturated carbocycles. The molecule has 2 rings (SSSR count). The van der Waals surface area contributed by atoms with Crippen LogP contribution in [0.5, 0.6) is 0 Å². The van der Waals surface area contributed by atoms with Crippen molar-refractivity contribution in [3.63, 3.8) is 0 Å². The van der Waals surface area contributed by atoms with Crippen LogP contribution in [0.3, 0.4) is 0 Å². The lowest BCUT2D eigenvalue weighted by molar-refractivity contribution is 1.17. The second kappa shape index (κ2) is 4.55. The highest BCUT2D eigenvalue weighted by Crippen LogP contribution is 2.28. The summed E-state index contributed by atoms with van der Waals surface area (Å²) in [5.74, 6) is 0.490. The van der Waals surface area contributed by atoms with Crippen LogP contribution in [0.4, 0.5) is 17.2 Å². The first-order valence-corrected chi connectivity index (χ1v) is 5.20. The second-order valence-corrected chi connectivity index (χ2v) is 3.90. The van der Waals surface area contributed by atoms with Gasteiger partial charge in [-0.2, -0.15) is 0 Å². The topological polar surface area (TPSA) is 63.8 Å². The van der Waals surface area contributed by atoms with E-state index >= 15 is 0 Å². The van der Waals surface area contributed by atoms with Gasteiger partial charge in [-0.25, -0.2) is 9.97 Å². The Morgan fingerprint density at radius 2 is 2.00 bits per heavy atom. The molecule has 0 atom stereocenters. The summed E-state index contributed by atoms with van der Waals surface area (Å²) in [5, 5.41) is 3.95. The van der Waals surface area contributed by atoms with E-state index in [0.717, 1.165) is 0 Å². The SMILES string of the molecule is Nc1ccc(Cl)c(Nc2ncncc2Cl)c1. The van der Waals surface area contributed by atoms with Gasteiger partial charge in [0.2, 0.25) is 0 Å². The Labute approximate surface area is 102 Å². The van der Waals surface area contributed by atoms with E-state index in [1.807, 2.05) is 0 Å². The van der Waals surface area contributed by atoms with E-state index in [-0.39, 0.29) is 0 Å². The van der Waals surface area contributed by atoms with Gasteiger partial charge in [-0.05, 0) is 18.2 Å². The van der Waals surface area contributed by atoms with Crippen LogP contribution in [-0.2, 0) is 0 Å². The number of benzene rings is 1. The molecule has 4 nitrogen and oxygen atoms in total. The lowest BCUT2D eigenvalue weighted by atomic mass is 10.3. The summed E-state index contributed by atoms with van der Waals surface area (Å²) in [5.41, 5.74) is 6.92. The van der Waals surface area contributed by atoms with Gasteiger partial charge < -0.3 is 11.1 Å². The molecule has 0 aliphatic rings. The lowest BCUT2D eigenvalue weighted by Gasteiger charge is -2.08. The minimum absolute atomic E-state index is 0.418. The average molecular weight is 255 g/mol. The second-order valence-electron chi connectivity index (χ2n) is 3.08. The number of hydrogen-bond acceptors (Lipinski definition) is 4. The summed E-state index contributed by atoms with van der Waals surface area (Å²) < 4.78 is 0. The number of nitrogen functional groups attached to an aromatic ring is 1. The van der Waals surface area contributed by atoms with E-state index in [1.165, 1.54) is 12.5 Å². The maximum atomic E-state index is 5.99. The van der Waals surface area contributed by atoms with Crippen molar-refractivity contribution in [2.75, 3.05) is 11.1 Å². The molecule has 1 heterocycles. The van der Waals surface area contributed by atoms with Crippen molar-refractivity contribution < 1.29 is 0 Å². The zero-order valence-electron chi connectivity index (χ0n) is 8.11. The number of nitrogens with two attached hydrogens (primary N) is 1. The third kappa shape index (κ3) is 2.35. The molecule has 0 radical (unpaired) electrons. The summed E-state index contributed by atoms with van der Waals surface area (Å²) in [6.07, 6.45) is 2.89. The van der Waals surface area contributed by atoms with Crippen LogP contribution in [0.2, 0.25) is 10.0 Å². The number of anilines is 3. The van der Waals surface area contributed by atoms with Gasteiger partial charge in [0.1, 0.15) is 11.3 Å². The van der Waals surface area contributed by atoms with Crippen molar-refractivity contribution in [2.45, 2.75) is 0 Å². The van der Waals surface area contributed by atoms with Gasteiger partial charge in [0.15, 0.2) is 5.82 Å². The van der Waals surface area contributed by atoms with E-state index in [1.54, 1.807) is 18.2 Å². The summed E-state index contributed by atoms with van der Waals surface area (Å²) >= 11 is 11.9. The number of aromatic nitrogens is 2. The van der Waals surface area contributed by atoms with Crippen molar-refractivity contribution in [3.8, 4) is 0 Å². The van der Waals surface area contributed by atoms with Crippen LogP contribution >= 0.6 is 23.2 Å². The first kappa shape index (κ1) is 11.0. The van der Waals surface area contributed by atoms with Gasteiger partial charge in [-0.3, -0.25) is 0 Å². The minimum Gasteiger partial charge on any atom is -0.399 e. The van der Waals surface area contributed by atoms with E-state index in [0.29, 0.717) is 27.2 Å². The van der Waals surface area contributed by atoms with Crippen LogP contribution in [0.1, 0.15) is 0 Å². The quantitative estimate of drug-likeness (QED) is 0.809. The highest BCUT2D eigenvalue weighted by molar-refractivity contribution is 6.34. The Morgan fingerprint density at radius 1 is 1.19 bits per heavy atom. The molecule has 82 valence electrons. The number of halogens is 2. The normalized spacial score (nSPS) is 10.1.